The van der Waals surface area contributed by atoms with Gasteiger partial charge in [-0.15, -0.1) is 0 Å². The van der Waals surface area contributed by atoms with Crippen LogP contribution in [-0.2, 0) is 4.79 Å². The summed E-state index contributed by atoms with van der Waals surface area (Å²) in [6, 6.07) is 10.4. The first-order chi connectivity index (χ1) is 18.3. The summed E-state index contributed by atoms with van der Waals surface area (Å²) in [5.41, 5.74) is 3.34. The summed E-state index contributed by atoms with van der Waals surface area (Å²) in [5, 5.41) is 0. The van der Waals surface area contributed by atoms with E-state index in [9.17, 15) is 9.59 Å². The smallest absolute Gasteiger partial charge is 0.271 e. The van der Waals surface area contributed by atoms with E-state index >= 15 is 0 Å². The summed E-state index contributed by atoms with van der Waals surface area (Å²) in [6.45, 7) is 8.74. The Morgan fingerprint density at radius 2 is 1.68 bits per heavy atom. The van der Waals surface area contributed by atoms with Crippen molar-refractivity contribution in [1.29, 1.82) is 0 Å². The molecule has 1 amide bonds. The summed E-state index contributed by atoms with van der Waals surface area (Å²) in [6.07, 6.45) is 1.86. The molecule has 2 aromatic carbocycles. The van der Waals surface area contributed by atoms with Gasteiger partial charge in [-0.3, -0.25) is 14.2 Å². The van der Waals surface area contributed by atoms with Crippen LogP contribution in [0.2, 0.25) is 0 Å². The summed E-state index contributed by atoms with van der Waals surface area (Å²) in [5.74, 6) is 1.74. The Morgan fingerprint density at radius 1 is 1.03 bits per heavy atom. The summed E-state index contributed by atoms with van der Waals surface area (Å²) >= 11 is 1.30. The minimum absolute atomic E-state index is 0.161. The molecule has 0 bridgehead atoms. The molecule has 0 aliphatic carbocycles. The van der Waals surface area contributed by atoms with Crippen LogP contribution in [0, 0.1) is 6.92 Å². The highest BCUT2D eigenvalue weighted by atomic mass is 32.1. The molecule has 38 heavy (non-hydrogen) atoms. The molecule has 2 heterocycles. The number of methoxy groups -OCH3 is 3. The van der Waals surface area contributed by atoms with Crippen LogP contribution in [0.1, 0.15) is 43.5 Å². The topological polar surface area (TPSA) is 82.4 Å². The maximum Gasteiger partial charge on any atom is 0.271 e. The Bertz CT molecular complexity index is 1580. The van der Waals surface area contributed by atoms with Gasteiger partial charge >= 0.3 is 0 Å². The molecule has 9 heteroatoms. The predicted octanol–water partition coefficient (Wildman–Crippen LogP) is 3.44. The lowest BCUT2D eigenvalue weighted by Gasteiger charge is -2.30. The Labute approximate surface area is 226 Å². The van der Waals surface area contributed by atoms with Crippen molar-refractivity contribution in [3.05, 3.63) is 84.0 Å². The molecule has 1 aromatic heterocycles. The number of aryl methyl sites for hydroxylation is 1. The van der Waals surface area contributed by atoms with E-state index in [1.807, 2.05) is 58.0 Å². The lowest BCUT2D eigenvalue weighted by molar-refractivity contribution is -0.127. The van der Waals surface area contributed by atoms with Crippen LogP contribution in [0.5, 0.6) is 17.2 Å². The molecular weight excluding hydrogens is 502 g/mol. The molecule has 8 nitrogen and oxygen atoms in total. The third kappa shape index (κ3) is 4.86. The fourth-order valence-corrected chi connectivity index (χ4v) is 5.74. The second-order valence-corrected chi connectivity index (χ2v) is 9.90. The Kier molecular flexibility index (Phi) is 8.06. The van der Waals surface area contributed by atoms with Gasteiger partial charge in [0.05, 0.1) is 37.1 Å². The molecule has 1 aliphatic heterocycles. The van der Waals surface area contributed by atoms with Crippen molar-refractivity contribution >= 4 is 23.3 Å². The number of aromatic nitrogens is 1. The van der Waals surface area contributed by atoms with Crippen molar-refractivity contribution in [2.45, 2.75) is 33.7 Å². The zero-order valence-corrected chi connectivity index (χ0v) is 23.6. The van der Waals surface area contributed by atoms with Gasteiger partial charge in [0, 0.05) is 18.7 Å². The van der Waals surface area contributed by atoms with Crippen molar-refractivity contribution in [1.82, 2.24) is 9.47 Å². The number of hydrogen-bond acceptors (Lipinski definition) is 7. The number of allylic oxidation sites excluding steroid dienone is 1. The predicted molar refractivity (Wildman–Crippen MR) is 149 cm³/mol. The summed E-state index contributed by atoms with van der Waals surface area (Å²) in [4.78, 5) is 34.9. The van der Waals surface area contributed by atoms with Crippen molar-refractivity contribution in [3.63, 3.8) is 0 Å². The van der Waals surface area contributed by atoms with Crippen LogP contribution in [0.25, 0.3) is 6.08 Å². The van der Waals surface area contributed by atoms with Crippen molar-refractivity contribution in [2.24, 2.45) is 4.99 Å². The van der Waals surface area contributed by atoms with E-state index in [1.165, 1.54) is 11.3 Å². The van der Waals surface area contributed by atoms with Gasteiger partial charge in [0.15, 0.2) is 4.80 Å². The maximum atomic E-state index is 14.0. The van der Waals surface area contributed by atoms with Gasteiger partial charge < -0.3 is 19.1 Å². The van der Waals surface area contributed by atoms with Gasteiger partial charge in [0.1, 0.15) is 23.3 Å². The molecule has 0 fully saturated rings. The first-order valence-corrected chi connectivity index (χ1v) is 13.3. The van der Waals surface area contributed by atoms with Gasteiger partial charge in [0.25, 0.3) is 11.5 Å². The number of amides is 1. The molecule has 1 aliphatic rings. The second-order valence-electron chi connectivity index (χ2n) is 8.89. The van der Waals surface area contributed by atoms with Crippen molar-refractivity contribution in [3.8, 4) is 17.2 Å². The zero-order chi connectivity index (χ0) is 27.6. The monoisotopic (exact) mass is 535 g/mol. The first-order valence-electron chi connectivity index (χ1n) is 12.5. The SMILES string of the molecule is CCN(CC)C(=O)C1=C(C)N=c2s/c(=C/c3ccc(OC)cc3C)c(=O)n2[C@@H]1c1cc(OC)ccc1OC. The molecule has 0 saturated heterocycles. The number of fused-ring (bicyclic) bond motifs is 1. The van der Waals surface area contributed by atoms with Gasteiger partial charge in [-0.1, -0.05) is 17.4 Å². The van der Waals surface area contributed by atoms with E-state index in [0.29, 0.717) is 50.8 Å². The molecule has 4 rings (SSSR count). The van der Waals surface area contributed by atoms with Crippen LogP contribution in [-0.4, -0.2) is 49.8 Å². The number of thiazole rings is 1. The van der Waals surface area contributed by atoms with E-state index < -0.39 is 6.04 Å². The molecular formula is C29H33N3O5S. The number of likely N-dealkylation sites (N-methyl/N-ethyl adjacent to an activating group) is 1. The zero-order valence-electron chi connectivity index (χ0n) is 22.8. The fourth-order valence-electron chi connectivity index (χ4n) is 4.70. The molecule has 0 N–H and O–H groups in total. The van der Waals surface area contributed by atoms with E-state index in [0.717, 1.165) is 16.9 Å². The van der Waals surface area contributed by atoms with Crippen LogP contribution >= 0.6 is 11.3 Å². The van der Waals surface area contributed by atoms with E-state index in [1.54, 1.807) is 42.9 Å². The first kappa shape index (κ1) is 27.2. The normalized spacial score (nSPS) is 15.1. The Morgan fingerprint density at radius 3 is 2.29 bits per heavy atom. The van der Waals surface area contributed by atoms with Gasteiger partial charge in [-0.25, -0.2) is 4.99 Å². The van der Waals surface area contributed by atoms with Crippen LogP contribution in [0.4, 0.5) is 0 Å². The number of benzene rings is 2. The third-order valence-electron chi connectivity index (χ3n) is 6.80. The molecule has 0 unspecified atom stereocenters. The molecule has 0 radical (unpaired) electrons. The Balaban J connectivity index is 2.02. The van der Waals surface area contributed by atoms with E-state index in [4.69, 9.17) is 19.2 Å². The van der Waals surface area contributed by atoms with Crippen molar-refractivity contribution in [2.75, 3.05) is 34.4 Å². The largest absolute Gasteiger partial charge is 0.497 e. The van der Waals surface area contributed by atoms with Crippen LogP contribution < -0.4 is 29.1 Å². The molecule has 0 saturated carbocycles. The number of carbonyl (C=O) groups excluding carboxylic acids is 1. The number of nitrogens with zero attached hydrogens (tertiary/aromatic N) is 3. The quantitative estimate of drug-likeness (QED) is 0.442. The highest BCUT2D eigenvalue weighted by molar-refractivity contribution is 7.07. The summed E-state index contributed by atoms with van der Waals surface area (Å²) in [7, 11) is 4.78. The highest BCUT2D eigenvalue weighted by Gasteiger charge is 2.36. The lowest BCUT2D eigenvalue weighted by Crippen LogP contribution is -2.43. The molecule has 0 spiro atoms. The number of carbonyl (C=O) groups is 1. The minimum Gasteiger partial charge on any atom is -0.497 e. The number of hydrogen-bond donors (Lipinski definition) is 0. The minimum atomic E-state index is -0.733. The third-order valence-corrected chi connectivity index (χ3v) is 7.78. The number of rotatable bonds is 8. The maximum absolute atomic E-state index is 14.0. The van der Waals surface area contributed by atoms with Crippen LogP contribution in [0.3, 0.4) is 0 Å². The molecule has 200 valence electrons. The van der Waals surface area contributed by atoms with Gasteiger partial charge in [-0.05, 0) is 75.2 Å². The second kappa shape index (κ2) is 11.3. The lowest BCUT2D eigenvalue weighted by atomic mass is 9.93. The standard InChI is InChI=1S/C29H33N3O5S/c1-8-31(9-2)28(34)25-18(4)30-29-32(26(25)22-16-21(36-6)12-13-23(22)37-7)27(33)24(38-29)15-19-10-11-20(35-5)14-17(19)3/h10-16,26H,8-9H2,1-7H3/b24-15+/t26-/m1/s1. The average Bonchev–Trinajstić information content (AvgIpc) is 3.23. The van der Waals surface area contributed by atoms with E-state index in [2.05, 4.69) is 0 Å². The van der Waals surface area contributed by atoms with Gasteiger partial charge in [-0.2, -0.15) is 0 Å². The Hall–Kier alpha value is -3.85. The van der Waals surface area contributed by atoms with Gasteiger partial charge in [0.2, 0.25) is 0 Å². The van der Waals surface area contributed by atoms with Crippen molar-refractivity contribution < 1.29 is 19.0 Å². The summed E-state index contributed by atoms with van der Waals surface area (Å²) < 4.78 is 18.7. The van der Waals surface area contributed by atoms with E-state index in [-0.39, 0.29) is 11.5 Å². The average molecular weight is 536 g/mol. The molecule has 1 atom stereocenters. The fraction of sp³-hybridized carbons (Fsp3) is 0.345. The molecule has 3 aromatic rings. The number of ether oxygens (including phenoxy) is 3. The van der Waals surface area contributed by atoms with Crippen LogP contribution in [0.15, 0.2) is 57.5 Å². The highest BCUT2D eigenvalue weighted by Crippen LogP contribution is 2.38.